The minimum Gasteiger partial charge on any atom is -0.497 e. The number of nitro groups is 1. The third kappa shape index (κ3) is 6.41. The molecule has 1 fully saturated rings. The highest BCUT2D eigenvalue weighted by Crippen LogP contribution is 2.36. The first-order valence-corrected chi connectivity index (χ1v) is 12.3. The number of amides is 1. The van der Waals surface area contributed by atoms with Gasteiger partial charge in [-0.3, -0.25) is 10.1 Å². The quantitative estimate of drug-likeness (QED) is 0.286. The highest BCUT2D eigenvalue weighted by molar-refractivity contribution is 5.74. The number of hydrogen-bond acceptors (Lipinski definition) is 8. The van der Waals surface area contributed by atoms with Crippen LogP contribution in [0.2, 0.25) is 0 Å². The predicted molar refractivity (Wildman–Crippen MR) is 143 cm³/mol. The standard InChI is InChI=1S/C27H31N5O6/c1-37-22-9-5-19(6-10-22)16-31(17-20-7-11-23(38-2)12-8-20)26-25(32(35)36)24(13-14-28-26)29-21-4-3-15-30(18-21)27(33)34/h5-14,21H,3-4,15-18H2,1-2H3,(H,28,29)(H,33,34). The number of nitrogens with one attached hydrogen (secondary N) is 1. The Morgan fingerprint density at radius 2 is 1.66 bits per heavy atom. The number of aromatic nitrogens is 1. The SMILES string of the molecule is COc1ccc(CN(Cc2ccc(OC)cc2)c2nccc(NC3CCCN(C(=O)O)C3)c2[N+](=O)[O-])cc1. The number of carbonyl (C=O) groups is 1. The second-order valence-electron chi connectivity index (χ2n) is 9.05. The number of methoxy groups -OCH3 is 2. The molecule has 0 radical (unpaired) electrons. The van der Waals surface area contributed by atoms with Crippen molar-refractivity contribution in [1.29, 1.82) is 0 Å². The van der Waals surface area contributed by atoms with Crippen molar-refractivity contribution in [3.05, 3.63) is 82.0 Å². The second-order valence-corrected chi connectivity index (χ2v) is 9.05. The number of likely N-dealkylation sites (tertiary alicyclic amines) is 1. The lowest BCUT2D eigenvalue weighted by Gasteiger charge is -2.32. The molecule has 1 unspecified atom stereocenters. The van der Waals surface area contributed by atoms with E-state index in [1.807, 2.05) is 53.4 Å². The van der Waals surface area contributed by atoms with Gasteiger partial charge in [0.1, 0.15) is 17.2 Å². The molecule has 1 atom stereocenters. The van der Waals surface area contributed by atoms with Gasteiger partial charge in [-0.2, -0.15) is 0 Å². The lowest BCUT2D eigenvalue weighted by atomic mass is 10.1. The molecule has 11 nitrogen and oxygen atoms in total. The summed E-state index contributed by atoms with van der Waals surface area (Å²) in [6.07, 6.45) is 1.93. The molecular formula is C27H31N5O6. The molecule has 0 spiro atoms. The first-order chi connectivity index (χ1) is 18.4. The third-order valence-electron chi connectivity index (χ3n) is 6.50. The molecule has 2 aromatic carbocycles. The van der Waals surface area contributed by atoms with Crippen LogP contribution in [0.5, 0.6) is 11.5 Å². The Balaban J connectivity index is 1.68. The number of anilines is 2. The van der Waals surface area contributed by atoms with Crippen molar-refractivity contribution in [1.82, 2.24) is 9.88 Å². The summed E-state index contributed by atoms with van der Waals surface area (Å²) >= 11 is 0. The van der Waals surface area contributed by atoms with E-state index in [1.54, 1.807) is 20.3 Å². The lowest BCUT2D eigenvalue weighted by Crippen LogP contribution is -2.44. The normalized spacial score (nSPS) is 15.0. The molecule has 2 N–H and O–H groups in total. The van der Waals surface area contributed by atoms with Gasteiger partial charge in [0.2, 0.25) is 5.82 Å². The zero-order valence-corrected chi connectivity index (χ0v) is 21.4. The molecule has 1 aromatic heterocycles. The van der Waals surface area contributed by atoms with Gasteiger partial charge in [0.15, 0.2) is 0 Å². The maximum absolute atomic E-state index is 12.4. The molecule has 2 heterocycles. The molecular weight excluding hydrogens is 490 g/mol. The molecule has 0 aliphatic carbocycles. The molecule has 11 heteroatoms. The molecule has 1 amide bonds. The number of rotatable bonds is 10. The van der Waals surface area contributed by atoms with Crippen LogP contribution in [0.15, 0.2) is 60.8 Å². The topological polar surface area (TPSA) is 130 Å². The van der Waals surface area contributed by atoms with Crippen molar-refractivity contribution in [2.45, 2.75) is 32.0 Å². The van der Waals surface area contributed by atoms with E-state index in [2.05, 4.69) is 10.3 Å². The predicted octanol–water partition coefficient (Wildman–Crippen LogP) is 4.77. The summed E-state index contributed by atoms with van der Waals surface area (Å²) in [7, 11) is 3.19. The Labute approximate surface area is 220 Å². The average Bonchev–Trinajstić information content (AvgIpc) is 2.93. The molecule has 4 rings (SSSR count). The van der Waals surface area contributed by atoms with Gasteiger partial charge in [0.25, 0.3) is 0 Å². The van der Waals surface area contributed by atoms with Crippen molar-refractivity contribution in [3.8, 4) is 11.5 Å². The summed E-state index contributed by atoms with van der Waals surface area (Å²) < 4.78 is 10.5. The van der Waals surface area contributed by atoms with E-state index in [-0.39, 0.29) is 24.1 Å². The Hall–Kier alpha value is -4.54. The smallest absolute Gasteiger partial charge is 0.407 e. The van der Waals surface area contributed by atoms with Gasteiger partial charge in [0, 0.05) is 38.4 Å². The Kier molecular flexibility index (Phi) is 8.47. The Morgan fingerprint density at radius 3 is 2.16 bits per heavy atom. The summed E-state index contributed by atoms with van der Waals surface area (Å²) in [5.74, 6) is 1.65. The first-order valence-electron chi connectivity index (χ1n) is 12.3. The van der Waals surface area contributed by atoms with Crippen LogP contribution in [0, 0.1) is 10.1 Å². The summed E-state index contributed by atoms with van der Waals surface area (Å²) in [5, 5.41) is 25.0. The highest BCUT2D eigenvalue weighted by atomic mass is 16.6. The van der Waals surface area contributed by atoms with Crippen LogP contribution in [-0.2, 0) is 13.1 Å². The fourth-order valence-electron chi connectivity index (χ4n) is 4.57. The van der Waals surface area contributed by atoms with Crippen molar-refractivity contribution in [3.63, 3.8) is 0 Å². The van der Waals surface area contributed by atoms with Crippen LogP contribution in [0.3, 0.4) is 0 Å². The molecule has 1 aliphatic rings. The molecule has 0 bridgehead atoms. The van der Waals surface area contributed by atoms with E-state index >= 15 is 0 Å². The van der Waals surface area contributed by atoms with Gasteiger partial charge in [-0.15, -0.1) is 0 Å². The van der Waals surface area contributed by atoms with E-state index in [9.17, 15) is 20.0 Å². The van der Waals surface area contributed by atoms with Crippen LogP contribution in [0.1, 0.15) is 24.0 Å². The molecule has 1 saturated heterocycles. The van der Waals surface area contributed by atoms with Gasteiger partial charge < -0.3 is 29.7 Å². The fraction of sp³-hybridized carbons (Fsp3) is 0.333. The largest absolute Gasteiger partial charge is 0.497 e. The molecule has 200 valence electrons. The maximum atomic E-state index is 12.4. The van der Waals surface area contributed by atoms with Crippen LogP contribution in [0.4, 0.5) is 22.0 Å². The van der Waals surface area contributed by atoms with Crippen LogP contribution in [-0.4, -0.2) is 59.4 Å². The molecule has 3 aromatic rings. The van der Waals surface area contributed by atoms with Crippen molar-refractivity contribution < 1.29 is 24.3 Å². The van der Waals surface area contributed by atoms with E-state index in [0.717, 1.165) is 11.1 Å². The summed E-state index contributed by atoms with van der Waals surface area (Å²) in [6, 6.07) is 16.4. The van der Waals surface area contributed by atoms with Gasteiger partial charge in [0.05, 0.1) is 19.1 Å². The minimum absolute atomic E-state index is 0.151. The average molecular weight is 522 g/mol. The van der Waals surface area contributed by atoms with Gasteiger partial charge in [-0.25, -0.2) is 9.78 Å². The van der Waals surface area contributed by atoms with Crippen molar-refractivity contribution in [2.75, 3.05) is 37.5 Å². The zero-order valence-electron chi connectivity index (χ0n) is 21.4. The van der Waals surface area contributed by atoms with Crippen LogP contribution < -0.4 is 19.7 Å². The number of nitrogens with zero attached hydrogens (tertiary/aromatic N) is 4. The fourth-order valence-corrected chi connectivity index (χ4v) is 4.57. The number of piperidine rings is 1. The number of benzene rings is 2. The molecule has 0 saturated carbocycles. The van der Waals surface area contributed by atoms with E-state index in [1.165, 1.54) is 11.1 Å². The first kappa shape index (κ1) is 26.5. The Morgan fingerprint density at radius 1 is 1.08 bits per heavy atom. The van der Waals surface area contributed by atoms with Gasteiger partial charge in [-0.1, -0.05) is 24.3 Å². The summed E-state index contributed by atoms with van der Waals surface area (Å²) in [6.45, 7) is 1.44. The van der Waals surface area contributed by atoms with Crippen molar-refractivity contribution >= 4 is 23.3 Å². The molecule has 1 aliphatic heterocycles. The van der Waals surface area contributed by atoms with E-state index < -0.39 is 11.0 Å². The molecule has 38 heavy (non-hydrogen) atoms. The van der Waals surface area contributed by atoms with E-state index in [4.69, 9.17) is 9.47 Å². The van der Waals surface area contributed by atoms with Crippen LogP contribution in [0.25, 0.3) is 0 Å². The zero-order chi connectivity index (χ0) is 27.1. The minimum atomic E-state index is -0.994. The number of ether oxygens (including phenoxy) is 2. The summed E-state index contributed by atoms with van der Waals surface area (Å²) in [5.41, 5.74) is 2.02. The highest BCUT2D eigenvalue weighted by Gasteiger charge is 2.29. The Bertz CT molecular complexity index is 1200. The monoisotopic (exact) mass is 521 g/mol. The number of carboxylic acid groups (broad SMARTS) is 1. The van der Waals surface area contributed by atoms with Crippen molar-refractivity contribution in [2.24, 2.45) is 0 Å². The van der Waals surface area contributed by atoms with Gasteiger partial charge in [-0.05, 0) is 54.3 Å². The second kappa shape index (κ2) is 12.1. The number of hydrogen-bond donors (Lipinski definition) is 2. The lowest BCUT2D eigenvalue weighted by molar-refractivity contribution is -0.383. The summed E-state index contributed by atoms with van der Waals surface area (Å²) in [4.78, 5) is 31.1. The third-order valence-corrected chi connectivity index (χ3v) is 6.50. The van der Waals surface area contributed by atoms with Gasteiger partial charge >= 0.3 is 11.8 Å². The number of pyridine rings is 1. The maximum Gasteiger partial charge on any atom is 0.407 e. The van der Waals surface area contributed by atoms with E-state index in [0.29, 0.717) is 49.7 Å². The van der Waals surface area contributed by atoms with Crippen LogP contribution >= 0.6 is 0 Å².